The topological polar surface area (TPSA) is 29.5 Å². The molecule has 0 fully saturated rings. The van der Waals surface area contributed by atoms with Crippen LogP contribution in [-0.2, 0) is 4.74 Å². The lowest BCUT2D eigenvalue weighted by Crippen LogP contribution is -2.29. The van der Waals surface area contributed by atoms with Gasteiger partial charge in [0.25, 0.3) is 0 Å². The molecule has 3 heteroatoms. The third kappa shape index (κ3) is 2.25. The van der Waals surface area contributed by atoms with Crippen LogP contribution in [0.3, 0.4) is 0 Å². The number of hydrogen-bond donors (Lipinski definition) is 0. The van der Waals surface area contributed by atoms with Crippen LogP contribution in [0.2, 0.25) is 0 Å². The van der Waals surface area contributed by atoms with Crippen molar-refractivity contribution < 1.29 is 9.53 Å². The standard InChI is InChI=1S/C18H15NO2/c1-3-12-19(2)18(20)21-17-15-10-6-4-8-13(15)14-9-5-7-11-16(14)17/h1,4-11,17H,12H2,2H3. The summed E-state index contributed by atoms with van der Waals surface area (Å²) < 4.78 is 5.67. The van der Waals surface area contributed by atoms with Crippen molar-refractivity contribution in [2.75, 3.05) is 13.6 Å². The summed E-state index contributed by atoms with van der Waals surface area (Å²) >= 11 is 0. The van der Waals surface area contributed by atoms with Gasteiger partial charge in [-0.3, -0.25) is 0 Å². The molecule has 3 rings (SSSR count). The van der Waals surface area contributed by atoms with Crippen LogP contribution >= 0.6 is 0 Å². The fraction of sp³-hybridized carbons (Fsp3) is 0.167. The monoisotopic (exact) mass is 277 g/mol. The first kappa shape index (κ1) is 13.3. The van der Waals surface area contributed by atoms with Gasteiger partial charge >= 0.3 is 6.09 Å². The molecule has 0 saturated heterocycles. The zero-order valence-corrected chi connectivity index (χ0v) is 11.7. The van der Waals surface area contributed by atoms with Crippen molar-refractivity contribution >= 4 is 6.09 Å². The molecule has 0 spiro atoms. The Morgan fingerprint density at radius 1 is 1.14 bits per heavy atom. The summed E-state index contributed by atoms with van der Waals surface area (Å²) in [4.78, 5) is 13.5. The van der Waals surface area contributed by atoms with Gasteiger partial charge < -0.3 is 9.64 Å². The van der Waals surface area contributed by atoms with E-state index in [1.807, 2.05) is 48.5 Å². The van der Waals surface area contributed by atoms with Gasteiger partial charge in [0.15, 0.2) is 6.10 Å². The molecule has 0 N–H and O–H groups in total. The van der Waals surface area contributed by atoms with Crippen LogP contribution < -0.4 is 0 Å². The number of rotatable bonds is 2. The molecule has 1 aliphatic carbocycles. The summed E-state index contributed by atoms with van der Waals surface area (Å²) in [5.74, 6) is 2.44. The zero-order chi connectivity index (χ0) is 14.8. The van der Waals surface area contributed by atoms with Gasteiger partial charge in [0.05, 0.1) is 6.54 Å². The highest BCUT2D eigenvalue weighted by Crippen LogP contribution is 2.45. The lowest BCUT2D eigenvalue weighted by Gasteiger charge is -2.19. The molecule has 1 aliphatic rings. The molecule has 0 radical (unpaired) electrons. The molecular formula is C18H15NO2. The highest BCUT2D eigenvalue weighted by Gasteiger charge is 2.31. The van der Waals surface area contributed by atoms with E-state index in [9.17, 15) is 4.79 Å². The van der Waals surface area contributed by atoms with E-state index in [1.54, 1.807) is 7.05 Å². The minimum Gasteiger partial charge on any atom is -0.436 e. The van der Waals surface area contributed by atoms with Crippen LogP contribution in [0, 0.1) is 12.3 Å². The Hall–Kier alpha value is -2.73. The second-order valence-electron chi connectivity index (χ2n) is 5.00. The average molecular weight is 277 g/mol. The van der Waals surface area contributed by atoms with Crippen molar-refractivity contribution in [3.63, 3.8) is 0 Å². The summed E-state index contributed by atoms with van der Waals surface area (Å²) in [5, 5.41) is 0. The fourth-order valence-electron chi connectivity index (χ4n) is 2.63. The molecule has 0 unspecified atom stereocenters. The molecule has 0 bridgehead atoms. The molecule has 0 heterocycles. The lowest BCUT2D eigenvalue weighted by atomic mass is 10.1. The Bertz CT molecular complexity index is 684. The molecular weight excluding hydrogens is 262 g/mol. The average Bonchev–Trinajstić information content (AvgIpc) is 2.82. The van der Waals surface area contributed by atoms with Gasteiger partial charge in [-0.1, -0.05) is 54.5 Å². The van der Waals surface area contributed by atoms with E-state index in [2.05, 4.69) is 5.92 Å². The van der Waals surface area contributed by atoms with Crippen molar-refractivity contribution in [1.82, 2.24) is 4.90 Å². The van der Waals surface area contributed by atoms with Crippen LogP contribution in [0.4, 0.5) is 4.79 Å². The predicted octanol–water partition coefficient (Wildman–Crippen LogP) is 3.46. The maximum atomic E-state index is 12.1. The molecule has 0 aliphatic heterocycles. The SMILES string of the molecule is C#CCN(C)C(=O)OC1c2ccccc2-c2ccccc21. The number of benzene rings is 2. The molecule has 0 atom stereocenters. The van der Waals surface area contributed by atoms with Gasteiger partial charge in [-0.15, -0.1) is 6.42 Å². The van der Waals surface area contributed by atoms with Gasteiger partial charge in [-0.25, -0.2) is 4.79 Å². The second-order valence-corrected chi connectivity index (χ2v) is 5.00. The Balaban J connectivity index is 1.96. The Morgan fingerprint density at radius 3 is 2.19 bits per heavy atom. The highest BCUT2D eigenvalue weighted by molar-refractivity contribution is 5.79. The molecule has 3 nitrogen and oxygen atoms in total. The van der Waals surface area contributed by atoms with E-state index in [0.29, 0.717) is 0 Å². The molecule has 0 saturated carbocycles. The van der Waals surface area contributed by atoms with Crippen LogP contribution in [-0.4, -0.2) is 24.6 Å². The first-order valence-electron chi connectivity index (χ1n) is 6.76. The normalized spacial score (nSPS) is 12.2. The zero-order valence-electron chi connectivity index (χ0n) is 11.7. The van der Waals surface area contributed by atoms with E-state index in [4.69, 9.17) is 11.2 Å². The third-order valence-electron chi connectivity index (χ3n) is 3.64. The van der Waals surface area contributed by atoms with E-state index in [1.165, 1.54) is 4.90 Å². The fourth-order valence-corrected chi connectivity index (χ4v) is 2.63. The third-order valence-corrected chi connectivity index (χ3v) is 3.64. The van der Waals surface area contributed by atoms with E-state index in [0.717, 1.165) is 22.3 Å². The van der Waals surface area contributed by atoms with Gasteiger partial charge in [0.2, 0.25) is 0 Å². The number of hydrogen-bond acceptors (Lipinski definition) is 2. The van der Waals surface area contributed by atoms with Crippen LogP contribution in [0.25, 0.3) is 11.1 Å². The highest BCUT2D eigenvalue weighted by atomic mass is 16.6. The molecule has 0 aromatic heterocycles. The number of terminal acetylenes is 1. The number of amides is 1. The molecule has 21 heavy (non-hydrogen) atoms. The number of carbonyl (C=O) groups excluding carboxylic acids is 1. The van der Waals surface area contributed by atoms with Crippen LogP contribution in [0.1, 0.15) is 17.2 Å². The summed E-state index contributed by atoms with van der Waals surface area (Å²) in [5.41, 5.74) is 4.26. The molecule has 2 aromatic carbocycles. The molecule has 1 amide bonds. The minimum atomic E-state index is -0.413. The van der Waals surface area contributed by atoms with E-state index < -0.39 is 6.09 Å². The molecule has 104 valence electrons. The summed E-state index contributed by atoms with van der Waals surface area (Å²) in [6, 6.07) is 16.0. The van der Waals surface area contributed by atoms with Gasteiger partial charge in [-0.05, 0) is 11.1 Å². The van der Waals surface area contributed by atoms with Crippen molar-refractivity contribution in [1.29, 1.82) is 0 Å². The first-order chi connectivity index (χ1) is 10.2. The quantitative estimate of drug-likeness (QED) is 0.787. The smallest absolute Gasteiger partial charge is 0.411 e. The number of carbonyl (C=O) groups is 1. The molecule has 2 aromatic rings. The van der Waals surface area contributed by atoms with Gasteiger partial charge in [0, 0.05) is 18.2 Å². The van der Waals surface area contributed by atoms with Crippen molar-refractivity contribution in [3.05, 3.63) is 59.7 Å². The number of fused-ring (bicyclic) bond motifs is 3. The largest absolute Gasteiger partial charge is 0.436 e. The summed E-state index contributed by atoms with van der Waals surface area (Å²) in [6.07, 6.45) is 4.45. The van der Waals surface area contributed by atoms with Crippen LogP contribution in [0.15, 0.2) is 48.5 Å². The van der Waals surface area contributed by atoms with Crippen molar-refractivity contribution in [2.45, 2.75) is 6.10 Å². The van der Waals surface area contributed by atoms with E-state index >= 15 is 0 Å². The van der Waals surface area contributed by atoms with Crippen molar-refractivity contribution in [2.24, 2.45) is 0 Å². The first-order valence-corrected chi connectivity index (χ1v) is 6.76. The Labute approximate surface area is 124 Å². The summed E-state index contributed by atoms with van der Waals surface area (Å²) in [6.45, 7) is 0.231. The van der Waals surface area contributed by atoms with Crippen LogP contribution in [0.5, 0.6) is 0 Å². The van der Waals surface area contributed by atoms with Gasteiger partial charge in [-0.2, -0.15) is 0 Å². The lowest BCUT2D eigenvalue weighted by molar-refractivity contribution is 0.0897. The Morgan fingerprint density at radius 2 is 1.67 bits per heavy atom. The Kier molecular flexibility index (Phi) is 3.37. The van der Waals surface area contributed by atoms with Gasteiger partial charge in [0.1, 0.15) is 0 Å². The predicted molar refractivity (Wildman–Crippen MR) is 81.7 cm³/mol. The number of nitrogens with zero attached hydrogens (tertiary/aromatic N) is 1. The van der Waals surface area contributed by atoms with E-state index in [-0.39, 0.29) is 12.6 Å². The number of ether oxygens (including phenoxy) is 1. The minimum absolute atomic E-state index is 0.231. The summed E-state index contributed by atoms with van der Waals surface area (Å²) in [7, 11) is 1.63. The van der Waals surface area contributed by atoms with Crippen molar-refractivity contribution in [3.8, 4) is 23.5 Å². The maximum Gasteiger partial charge on any atom is 0.411 e. The maximum absolute atomic E-state index is 12.1. The second kappa shape index (κ2) is 5.34.